The monoisotopic (exact) mass is 295 g/mol. The van der Waals surface area contributed by atoms with E-state index in [0.717, 1.165) is 24.0 Å². The van der Waals surface area contributed by atoms with Gasteiger partial charge in [0.2, 0.25) is 0 Å². The van der Waals surface area contributed by atoms with Crippen LogP contribution in [-0.4, -0.2) is 32.5 Å². The van der Waals surface area contributed by atoms with Crippen molar-refractivity contribution in [3.63, 3.8) is 0 Å². The minimum atomic E-state index is -0.492. The number of carbonyl (C=O) groups is 1. The molecule has 0 bridgehead atoms. The van der Waals surface area contributed by atoms with Crippen LogP contribution < -0.4 is 9.47 Å². The lowest BCUT2D eigenvalue weighted by molar-refractivity contribution is -0.183. The van der Waals surface area contributed by atoms with Crippen LogP contribution in [0, 0.1) is 0 Å². The number of amides is 1. The van der Waals surface area contributed by atoms with Gasteiger partial charge in [-0.05, 0) is 29.7 Å². The number of ether oxygens (including phenoxy) is 3. The third-order valence-corrected chi connectivity index (χ3v) is 3.56. The second kappa shape index (κ2) is 6.67. The minimum Gasteiger partial charge on any atom is -0.493 e. The molecule has 0 aromatic heterocycles. The first-order valence-corrected chi connectivity index (χ1v) is 6.91. The largest absolute Gasteiger partial charge is 0.493 e. The van der Waals surface area contributed by atoms with Gasteiger partial charge in [0.25, 0.3) is 0 Å². The van der Waals surface area contributed by atoms with Crippen LogP contribution in [0.15, 0.2) is 12.1 Å². The van der Waals surface area contributed by atoms with Crippen molar-refractivity contribution in [2.24, 2.45) is 0 Å². The highest BCUT2D eigenvalue weighted by molar-refractivity contribution is 5.67. The van der Waals surface area contributed by atoms with Crippen LogP contribution in [0.4, 0.5) is 4.79 Å². The summed E-state index contributed by atoms with van der Waals surface area (Å²) in [7, 11) is 4.54. The lowest BCUT2D eigenvalue weighted by Gasteiger charge is -2.35. The number of methoxy groups -OCH3 is 3. The number of rotatable bonds is 4. The van der Waals surface area contributed by atoms with Crippen LogP contribution in [0.3, 0.4) is 0 Å². The molecule has 21 heavy (non-hydrogen) atoms. The summed E-state index contributed by atoms with van der Waals surface area (Å²) in [5.41, 5.74) is 2.00. The van der Waals surface area contributed by atoms with Gasteiger partial charge in [0.1, 0.15) is 6.61 Å². The number of hydrogen-bond donors (Lipinski definition) is 0. The quantitative estimate of drug-likeness (QED) is 0.854. The van der Waals surface area contributed by atoms with Gasteiger partial charge in [0, 0.05) is 0 Å². The minimum absolute atomic E-state index is 0.189. The Bertz CT molecular complexity index is 517. The predicted molar refractivity (Wildman–Crippen MR) is 76.2 cm³/mol. The van der Waals surface area contributed by atoms with E-state index in [1.54, 1.807) is 14.2 Å². The lowest BCUT2D eigenvalue weighted by Crippen LogP contribution is -2.38. The first-order chi connectivity index (χ1) is 10.2. The maximum atomic E-state index is 11.9. The highest BCUT2D eigenvalue weighted by atomic mass is 16.7. The van der Waals surface area contributed by atoms with Crippen molar-refractivity contribution in [2.75, 3.05) is 21.3 Å². The standard InChI is InChI=1S/C15H21NO5/c1-5-6-12-11-8-14(19-3)13(18-2)7-10(11)9-21-16(12)15(17)20-4/h7-8,12H,5-6,9H2,1-4H3. The Hall–Kier alpha value is -1.95. The zero-order valence-corrected chi connectivity index (χ0v) is 12.8. The number of benzene rings is 1. The van der Waals surface area contributed by atoms with Gasteiger partial charge in [-0.15, -0.1) is 0 Å². The fraction of sp³-hybridized carbons (Fsp3) is 0.533. The Balaban J connectivity index is 2.45. The van der Waals surface area contributed by atoms with Crippen LogP contribution in [0.2, 0.25) is 0 Å². The van der Waals surface area contributed by atoms with E-state index >= 15 is 0 Å². The van der Waals surface area contributed by atoms with Crippen LogP contribution in [0.1, 0.15) is 36.9 Å². The summed E-state index contributed by atoms with van der Waals surface area (Å²) in [6.45, 7) is 2.36. The summed E-state index contributed by atoms with van der Waals surface area (Å²) in [6.07, 6.45) is 1.20. The van der Waals surface area contributed by atoms with E-state index < -0.39 is 6.09 Å². The summed E-state index contributed by atoms with van der Waals surface area (Å²) in [5.74, 6) is 1.30. The van der Waals surface area contributed by atoms with E-state index in [1.807, 2.05) is 12.1 Å². The molecular formula is C15H21NO5. The normalized spacial score (nSPS) is 17.1. The molecule has 116 valence electrons. The van der Waals surface area contributed by atoms with Crippen molar-refractivity contribution in [1.29, 1.82) is 0 Å². The van der Waals surface area contributed by atoms with Crippen molar-refractivity contribution in [1.82, 2.24) is 5.06 Å². The van der Waals surface area contributed by atoms with Gasteiger partial charge in [-0.1, -0.05) is 13.3 Å². The summed E-state index contributed by atoms with van der Waals surface area (Å²) in [5, 5.41) is 1.30. The molecule has 0 N–H and O–H groups in total. The van der Waals surface area contributed by atoms with E-state index in [4.69, 9.17) is 19.0 Å². The topological polar surface area (TPSA) is 57.2 Å². The third kappa shape index (κ3) is 2.90. The fourth-order valence-electron chi connectivity index (χ4n) is 2.54. The Kier molecular flexibility index (Phi) is 4.90. The Morgan fingerprint density at radius 1 is 1.29 bits per heavy atom. The molecule has 1 heterocycles. The summed E-state index contributed by atoms with van der Waals surface area (Å²) < 4.78 is 15.4. The second-order valence-electron chi connectivity index (χ2n) is 4.78. The van der Waals surface area contributed by atoms with E-state index in [-0.39, 0.29) is 6.04 Å². The van der Waals surface area contributed by atoms with Crippen molar-refractivity contribution >= 4 is 6.09 Å². The van der Waals surface area contributed by atoms with Crippen LogP contribution >= 0.6 is 0 Å². The SMILES string of the molecule is CCCC1c2cc(OC)c(OC)cc2CON1C(=O)OC. The number of hydroxylamine groups is 2. The average Bonchev–Trinajstić information content (AvgIpc) is 2.53. The summed E-state index contributed by atoms with van der Waals surface area (Å²) in [4.78, 5) is 17.4. The van der Waals surface area contributed by atoms with Gasteiger partial charge in [0.05, 0.1) is 27.4 Å². The van der Waals surface area contributed by atoms with E-state index in [9.17, 15) is 4.79 Å². The molecular weight excluding hydrogens is 274 g/mol. The lowest BCUT2D eigenvalue weighted by atomic mass is 9.95. The number of hydrogen-bond acceptors (Lipinski definition) is 5. The Morgan fingerprint density at radius 2 is 1.95 bits per heavy atom. The van der Waals surface area contributed by atoms with Gasteiger partial charge in [-0.25, -0.2) is 4.79 Å². The molecule has 1 aliphatic rings. The van der Waals surface area contributed by atoms with Gasteiger partial charge >= 0.3 is 6.09 Å². The average molecular weight is 295 g/mol. The molecule has 0 aliphatic carbocycles. The summed E-state index contributed by atoms with van der Waals surface area (Å²) >= 11 is 0. The van der Waals surface area contributed by atoms with Crippen LogP contribution in [-0.2, 0) is 16.2 Å². The van der Waals surface area contributed by atoms with Crippen LogP contribution in [0.25, 0.3) is 0 Å². The molecule has 6 nitrogen and oxygen atoms in total. The zero-order chi connectivity index (χ0) is 15.4. The molecule has 0 fully saturated rings. The molecule has 1 atom stereocenters. The van der Waals surface area contributed by atoms with Gasteiger partial charge in [0.15, 0.2) is 11.5 Å². The molecule has 1 unspecified atom stereocenters. The molecule has 2 rings (SSSR count). The van der Waals surface area contributed by atoms with E-state index in [0.29, 0.717) is 18.1 Å². The van der Waals surface area contributed by atoms with Gasteiger partial charge in [-0.3, -0.25) is 4.84 Å². The molecule has 6 heteroatoms. The molecule has 0 radical (unpaired) electrons. The van der Waals surface area contributed by atoms with E-state index in [2.05, 4.69) is 6.92 Å². The molecule has 0 spiro atoms. The maximum Gasteiger partial charge on any atom is 0.434 e. The molecule has 0 saturated carbocycles. The fourth-order valence-corrected chi connectivity index (χ4v) is 2.54. The number of nitrogens with zero attached hydrogens (tertiary/aromatic N) is 1. The van der Waals surface area contributed by atoms with Crippen molar-refractivity contribution in [2.45, 2.75) is 32.4 Å². The first-order valence-electron chi connectivity index (χ1n) is 6.91. The molecule has 1 aliphatic heterocycles. The highest BCUT2D eigenvalue weighted by Gasteiger charge is 2.33. The first kappa shape index (κ1) is 15.4. The highest BCUT2D eigenvalue weighted by Crippen LogP contribution is 2.40. The number of carbonyl (C=O) groups excluding carboxylic acids is 1. The summed E-state index contributed by atoms with van der Waals surface area (Å²) in [6, 6.07) is 3.62. The molecule has 0 saturated heterocycles. The second-order valence-corrected chi connectivity index (χ2v) is 4.78. The maximum absolute atomic E-state index is 11.9. The molecule has 1 aromatic rings. The van der Waals surface area contributed by atoms with Gasteiger partial charge in [-0.2, -0.15) is 5.06 Å². The molecule has 1 amide bonds. The van der Waals surface area contributed by atoms with E-state index in [1.165, 1.54) is 12.2 Å². The zero-order valence-electron chi connectivity index (χ0n) is 12.8. The van der Waals surface area contributed by atoms with Crippen LogP contribution in [0.5, 0.6) is 11.5 Å². The Labute approximate surface area is 124 Å². The van der Waals surface area contributed by atoms with Gasteiger partial charge < -0.3 is 14.2 Å². The van der Waals surface area contributed by atoms with Crippen molar-refractivity contribution in [3.8, 4) is 11.5 Å². The molecule has 1 aromatic carbocycles. The number of fused-ring (bicyclic) bond motifs is 1. The Morgan fingerprint density at radius 3 is 2.52 bits per heavy atom. The smallest absolute Gasteiger partial charge is 0.434 e. The predicted octanol–water partition coefficient (Wildman–Crippen LogP) is 3.06. The van der Waals surface area contributed by atoms with Crippen molar-refractivity contribution < 1.29 is 23.8 Å². The third-order valence-electron chi connectivity index (χ3n) is 3.56. The van der Waals surface area contributed by atoms with Crippen molar-refractivity contribution in [3.05, 3.63) is 23.3 Å².